The van der Waals surface area contributed by atoms with Gasteiger partial charge in [-0.2, -0.15) is 0 Å². The van der Waals surface area contributed by atoms with Crippen molar-refractivity contribution >= 4 is 5.91 Å². The number of halogens is 2. The van der Waals surface area contributed by atoms with Crippen LogP contribution in [0.1, 0.15) is 43.2 Å². The van der Waals surface area contributed by atoms with Crippen LogP contribution in [0.25, 0.3) is 0 Å². The molecule has 1 aromatic carbocycles. The van der Waals surface area contributed by atoms with E-state index in [1.165, 1.54) is 17.0 Å². The number of ether oxygens (including phenoxy) is 1. The first kappa shape index (κ1) is 17.5. The Morgan fingerprint density at radius 3 is 2.88 bits per heavy atom. The summed E-state index contributed by atoms with van der Waals surface area (Å²) in [6, 6.07) is 3.81. The molecule has 1 saturated heterocycles. The van der Waals surface area contributed by atoms with E-state index >= 15 is 0 Å². The minimum atomic E-state index is -0.987. The number of amides is 1. The number of hydrogen-bond donors (Lipinski definition) is 0. The highest BCUT2D eigenvalue weighted by atomic mass is 19.2. The smallest absolute Gasteiger partial charge is 0.247 e. The molecule has 0 unspecified atom stereocenters. The SMILES string of the molecule is CC(C)c1nnc([C@H]2CN(C(=O)Cc3cccc(F)c3F)CCO2)o1. The average Bonchev–Trinajstić information content (AvgIpc) is 3.09. The second-order valence-corrected chi connectivity index (χ2v) is 6.22. The number of morpholine rings is 1. The Morgan fingerprint density at radius 1 is 1.36 bits per heavy atom. The number of carbonyl (C=O) groups excluding carboxylic acids is 1. The molecular formula is C17H19F2N3O3. The molecule has 1 aromatic heterocycles. The van der Waals surface area contributed by atoms with Crippen LogP contribution in [0.2, 0.25) is 0 Å². The summed E-state index contributed by atoms with van der Waals surface area (Å²) in [5.41, 5.74) is 0.0351. The van der Waals surface area contributed by atoms with Crippen LogP contribution in [-0.4, -0.2) is 40.7 Å². The largest absolute Gasteiger partial charge is 0.422 e. The topological polar surface area (TPSA) is 68.5 Å². The summed E-state index contributed by atoms with van der Waals surface area (Å²) in [5.74, 6) is -1.33. The molecule has 2 heterocycles. The number of hydrogen-bond acceptors (Lipinski definition) is 5. The lowest BCUT2D eigenvalue weighted by Gasteiger charge is -2.31. The van der Waals surface area contributed by atoms with Gasteiger partial charge < -0.3 is 14.1 Å². The van der Waals surface area contributed by atoms with Crippen LogP contribution in [0.3, 0.4) is 0 Å². The molecule has 1 aliphatic rings. The first-order valence-corrected chi connectivity index (χ1v) is 8.11. The number of rotatable bonds is 4. The van der Waals surface area contributed by atoms with Gasteiger partial charge in [-0.25, -0.2) is 8.78 Å². The molecule has 2 aromatic rings. The Balaban J connectivity index is 1.68. The fraction of sp³-hybridized carbons (Fsp3) is 0.471. The van der Waals surface area contributed by atoms with Crippen LogP contribution in [0.5, 0.6) is 0 Å². The number of nitrogens with zero attached hydrogens (tertiary/aromatic N) is 3. The van der Waals surface area contributed by atoms with Crippen molar-refractivity contribution < 1.29 is 22.7 Å². The number of benzene rings is 1. The lowest BCUT2D eigenvalue weighted by molar-refractivity contribution is -0.139. The quantitative estimate of drug-likeness (QED) is 0.847. The van der Waals surface area contributed by atoms with Crippen molar-refractivity contribution in [3.63, 3.8) is 0 Å². The third-order valence-corrected chi connectivity index (χ3v) is 4.02. The monoisotopic (exact) mass is 351 g/mol. The highest BCUT2D eigenvalue weighted by molar-refractivity contribution is 5.79. The molecular weight excluding hydrogens is 332 g/mol. The standard InChI is InChI=1S/C17H19F2N3O3/c1-10(2)16-20-21-17(25-16)13-9-22(6-7-24-13)14(23)8-11-4-3-5-12(18)15(11)19/h3-5,10,13H,6-9H2,1-2H3/t13-/m1/s1. The lowest BCUT2D eigenvalue weighted by Crippen LogP contribution is -2.43. The zero-order valence-corrected chi connectivity index (χ0v) is 14.0. The average molecular weight is 351 g/mol. The summed E-state index contributed by atoms with van der Waals surface area (Å²) in [7, 11) is 0. The van der Waals surface area contributed by atoms with Crippen molar-refractivity contribution in [2.75, 3.05) is 19.7 Å². The fourth-order valence-electron chi connectivity index (χ4n) is 2.59. The van der Waals surface area contributed by atoms with E-state index in [9.17, 15) is 13.6 Å². The molecule has 1 atom stereocenters. The van der Waals surface area contributed by atoms with Gasteiger partial charge in [-0.05, 0) is 6.07 Å². The second kappa shape index (κ2) is 7.26. The molecule has 1 fully saturated rings. The van der Waals surface area contributed by atoms with Crippen molar-refractivity contribution in [3.05, 3.63) is 47.2 Å². The van der Waals surface area contributed by atoms with E-state index in [0.29, 0.717) is 24.9 Å². The van der Waals surface area contributed by atoms with E-state index in [-0.39, 0.29) is 30.4 Å². The molecule has 134 valence electrons. The Morgan fingerprint density at radius 2 is 2.16 bits per heavy atom. The Hall–Kier alpha value is -2.35. The van der Waals surface area contributed by atoms with Crippen molar-refractivity contribution in [1.29, 1.82) is 0 Å². The molecule has 0 aliphatic carbocycles. The summed E-state index contributed by atoms with van der Waals surface area (Å²) in [4.78, 5) is 14.0. The Kier molecular flexibility index (Phi) is 5.08. The minimum absolute atomic E-state index is 0.0351. The van der Waals surface area contributed by atoms with Crippen LogP contribution in [0, 0.1) is 11.6 Å². The summed E-state index contributed by atoms with van der Waals surface area (Å²) in [6.45, 7) is 4.78. The number of aromatic nitrogens is 2. The van der Waals surface area contributed by atoms with Crippen molar-refractivity contribution in [1.82, 2.24) is 15.1 Å². The van der Waals surface area contributed by atoms with Gasteiger partial charge in [-0.1, -0.05) is 26.0 Å². The van der Waals surface area contributed by atoms with Crippen molar-refractivity contribution in [2.24, 2.45) is 0 Å². The molecule has 1 amide bonds. The molecule has 0 saturated carbocycles. The zero-order chi connectivity index (χ0) is 18.0. The molecule has 25 heavy (non-hydrogen) atoms. The predicted molar refractivity (Wildman–Crippen MR) is 83.7 cm³/mol. The maximum atomic E-state index is 13.7. The van der Waals surface area contributed by atoms with Gasteiger partial charge in [0.25, 0.3) is 0 Å². The number of carbonyl (C=O) groups is 1. The maximum Gasteiger partial charge on any atom is 0.247 e. The molecule has 0 N–H and O–H groups in total. The third kappa shape index (κ3) is 3.84. The Labute approximate surface area is 143 Å². The van der Waals surface area contributed by atoms with Crippen LogP contribution >= 0.6 is 0 Å². The van der Waals surface area contributed by atoms with Gasteiger partial charge in [0.1, 0.15) is 0 Å². The fourth-order valence-corrected chi connectivity index (χ4v) is 2.59. The van der Waals surface area contributed by atoms with Gasteiger partial charge in [0.15, 0.2) is 17.7 Å². The first-order valence-electron chi connectivity index (χ1n) is 8.11. The summed E-state index contributed by atoms with van der Waals surface area (Å²) in [6.07, 6.45) is -0.729. The van der Waals surface area contributed by atoms with Crippen LogP contribution in [-0.2, 0) is 16.0 Å². The zero-order valence-electron chi connectivity index (χ0n) is 14.0. The molecule has 3 rings (SSSR count). The van der Waals surface area contributed by atoms with Gasteiger partial charge >= 0.3 is 0 Å². The summed E-state index contributed by atoms with van der Waals surface area (Å²) in [5, 5.41) is 7.93. The minimum Gasteiger partial charge on any atom is -0.422 e. The Bertz CT molecular complexity index is 763. The van der Waals surface area contributed by atoms with E-state index in [1.54, 1.807) is 0 Å². The van der Waals surface area contributed by atoms with E-state index in [4.69, 9.17) is 9.15 Å². The van der Waals surface area contributed by atoms with E-state index < -0.39 is 17.7 Å². The highest BCUT2D eigenvalue weighted by Gasteiger charge is 2.30. The van der Waals surface area contributed by atoms with Crippen LogP contribution < -0.4 is 0 Å². The first-order chi connectivity index (χ1) is 12.0. The maximum absolute atomic E-state index is 13.7. The predicted octanol–water partition coefficient (Wildman–Crippen LogP) is 2.61. The second-order valence-electron chi connectivity index (χ2n) is 6.22. The molecule has 0 bridgehead atoms. The van der Waals surface area contributed by atoms with E-state index in [2.05, 4.69) is 10.2 Å². The van der Waals surface area contributed by atoms with Gasteiger partial charge in [0.05, 0.1) is 19.6 Å². The van der Waals surface area contributed by atoms with Gasteiger partial charge in [0, 0.05) is 18.0 Å². The molecule has 8 heteroatoms. The summed E-state index contributed by atoms with van der Waals surface area (Å²) < 4.78 is 38.2. The van der Waals surface area contributed by atoms with Crippen LogP contribution in [0.4, 0.5) is 8.78 Å². The molecule has 6 nitrogen and oxygen atoms in total. The lowest BCUT2D eigenvalue weighted by atomic mass is 10.1. The highest BCUT2D eigenvalue weighted by Crippen LogP contribution is 2.24. The molecule has 0 radical (unpaired) electrons. The molecule has 0 spiro atoms. The van der Waals surface area contributed by atoms with E-state index in [1.807, 2.05) is 13.8 Å². The van der Waals surface area contributed by atoms with Gasteiger partial charge in [-0.15, -0.1) is 10.2 Å². The van der Waals surface area contributed by atoms with Crippen molar-refractivity contribution in [2.45, 2.75) is 32.3 Å². The summed E-state index contributed by atoms with van der Waals surface area (Å²) >= 11 is 0. The van der Waals surface area contributed by atoms with Crippen molar-refractivity contribution in [3.8, 4) is 0 Å². The van der Waals surface area contributed by atoms with Gasteiger partial charge in [-0.3, -0.25) is 4.79 Å². The van der Waals surface area contributed by atoms with Crippen LogP contribution in [0.15, 0.2) is 22.6 Å². The molecule has 1 aliphatic heterocycles. The normalized spacial score (nSPS) is 18.0. The van der Waals surface area contributed by atoms with Gasteiger partial charge in [0.2, 0.25) is 17.7 Å². The van der Waals surface area contributed by atoms with E-state index in [0.717, 1.165) is 6.07 Å². The third-order valence-electron chi connectivity index (χ3n) is 4.02.